The molecule has 1 saturated heterocycles. The molecule has 118 valence electrons. The number of ether oxygens (including phenoxy) is 1. The Balaban J connectivity index is 1.95. The Kier molecular flexibility index (Phi) is 6.27. The second-order valence-electron chi connectivity index (χ2n) is 5.83. The van der Waals surface area contributed by atoms with Gasteiger partial charge >= 0.3 is 0 Å². The second kappa shape index (κ2) is 7.97. The molecule has 0 saturated carbocycles. The average Bonchev–Trinajstić information content (AvgIpc) is 2.47. The van der Waals surface area contributed by atoms with Crippen LogP contribution in [0, 0.1) is 0 Å². The molecule has 0 bridgehead atoms. The van der Waals surface area contributed by atoms with Crippen molar-refractivity contribution >= 4 is 17.4 Å². The molecule has 1 aromatic rings. The maximum absolute atomic E-state index is 6.41. The van der Waals surface area contributed by atoms with Gasteiger partial charge in [-0.05, 0) is 31.4 Å². The number of halogens is 1. The Morgan fingerprint density at radius 2 is 2.14 bits per heavy atom. The Labute approximate surface area is 132 Å². The number of nitrogens with one attached hydrogen (secondary N) is 1. The third-order valence-electron chi connectivity index (χ3n) is 3.74. The molecule has 21 heavy (non-hydrogen) atoms. The standard InChI is InChI=1S/C16H26ClN3O/c1-4-21-14-5-7-20(8-6-14)16-15(17)9-13(11-19-16)10-18-12(2)3/h9,11-12,14,18H,4-8,10H2,1-3H3. The average molecular weight is 312 g/mol. The fourth-order valence-electron chi connectivity index (χ4n) is 2.59. The molecule has 1 aromatic heterocycles. The molecule has 0 amide bonds. The third kappa shape index (κ3) is 4.83. The predicted molar refractivity (Wildman–Crippen MR) is 88.1 cm³/mol. The first-order valence-corrected chi connectivity index (χ1v) is 8.22. The Morgan fingerprint density at radius 1 is 1.43 bits per heavy atom. The van der Waals surface area contributed by atoms with E-state index < -0.39 is 0 Å². The zero-order chi connectivity index (χ0) is 15.2. The van der Waals surface area contributed by atoms with E-state index in [9.17, 15) is 0 Å². The van der Waals surface area contributed by atoms with Crippen LogP contribution in [-0.4, -0.2) is 36.8 Å². The maximum Gasteiger partial charge on any atom is 0.147 e. The first kappa shape index (κ1) is 16.5. The number of pyridine rings is 1. The summed E-state index contributed by atoms with van der Waals surface area (Å²) in [4.78, 5) is 6.83. The van der Waals surface area contributed by atoms with Crippen molar-refractivity contribution in [2.45, 2.75) is 52.3 Å². The highest BCUT2D eigenvalue weighted by molar-refractivity contribution is 6.33. The number of aromatic nitrogens is 1. The molecule has 4 nitrogen and oxygen atoms in total. The molecule has 1 aliphatic heterocycles. The number of piperidine rings is 1. The Morgan fingerprint density at radius 3 is 2.71 bits per heavy atom. The van der Waals surface area contributed by atoms with Gasteiger partial charge in [0, 0.05) is 38.5 Å². The van der Waals surface area contributed by atoms with Crippen LogP contribution in [0.25, 0.3) is 0 Å². The largest absolute Gasteiger partial charge is 0.378 e. The van der Waals surface area contributed by atoms with Crippen LogP contribution in [0.15, 0.2) is 12.3 Å². The van der Waals surface area contributed by atoms with Crippen molar-refractivity contribution in [1.82, 2.24) is 10.3 Å². The van der Waals surface area contributed by atoms with E-state index in [-0.39, 0.29) is 0 Å². The van der Waals surface area contributed by atoms with Crippen LogP contribution < -0.4 is 10.2 Å². The molecule has 2 heterocycles. The van der Waals surface area contributed by atoms with Crippen molar-refractivity contribution in [1.29, 1.82) is 0 Å². The van der Waals surface area contributed by atoms with Gasteiger partial charge in [0.1, 0.15) is 5.82 Å². The van der Waals surface area contributed by atoms with Crippen molar-refractivity contribution < 1.29 is 4.74 Å². The fraction of sp³-hybridized carbons (Fsp3) is 0.688. The van der Waals surface area contributed by atoms with E-state index in [1.165, 1.54) is 0 Å². The lowest BCUT2D eigenvalue weighted by atomic mass is 10.1. The molecule has 5 heteroatoms. The van der Waals surface area contributed by atoms with Gasteiger partial charge in [-0.15, -0.1) is 0 Å². The Bertz CT molecular complexity index is 445. The van der Waals surface area contributed by atoms with Gasteiger partial charge in [0.2, 0.25) is 0 Å². The van der Waals surface area contributed by atoms with E-state index in [1.807, 2.05) is 12.3 Å². The van der Waals surface area contributed by atoms with Crippen molar-refractivity contribution in [3.63, 3.8) is 0 Å². The molecular formula is C16H26ClN3O. The maximum atomic E-state index is 6.41. The summed E-state index contributed by atoms with van der Waals surface area (Å²) in [6, 6.07) is 2.48. The van der Waals surface area contributed by atoms with Gasteiger partial charge in [-0.2, -0.15) is 0 Å². The molecule has 1 fully saturated rings. The summed E-state index contributed by atoms with van der Waals surface area (Å²) < 4.78 is 5.68. The predicted octanol–water partition coefficient (Wildman–Crippen LogP) is 3.24. The van der Waals surface area contributed by atoms with E-state index in [4.69, 9.17) is 16.3 Å². The first-order valence-electron chi connectivity index (χ1n) is 7.84. The summed E-state index contributed by atoms with van der Waals surface area (Å²) in [5.41, 5.74) is 1.13. The van der Waals surface area contributed by atoms with Gasteiger partial charge in [-0.3, -0.25) is 0 Å². The van der Waals surface area contributed by atoms with Crippen LogP contribution in [0.5, 0.6) is 0 Å². The molecule has 0 aromatic carbocycles. The molecule has 1 N–H and O–H groups in total. The number of rotatable bonds is 6. The van der Waals surface area contributed by atoms with Gasteiger partial charge in [0.05, 0.1) is 11.1 Å². The van der Waals surface area contributed by atoms with Crippen LogP contribution in [0.4, 0.5) is 5.82 Å². The van der Waals surface area contributed by atoms with Gasteiger partial charge in [-0.25, -0.2) is 4.98 Å². The summed E-state index contributed by atoms with van der Waals surface area (Å²) in [5.74, 6) is 0.903. The molecular weight excluding hydrogens is 286 g/mol. The first-order chi connectivity index (χ1) is 10.1. The molecule has 2 rings (SSSR count). The smallest absolute Gasteiger partial charge is 0.147 e. The molecule has 0 spiro atoms. The quantitative estimate of drug-likeness (QED) is 0.875. The topological polar surface area (TPSA) is 37.4 Å². The van der Waals surface area contributed by atoms with E-state index in [0.717, 1.165) is 55.5 Å². The van der Waals surface area contributed by atoms with Crippen molar-refractivity contribution in [2.75, 3.05) is 24.6 Å². The Hall–Kier alpha value is -0.840. The summed E-state index contributed by atoms with van der Waals surface area (Å²) in [6.07, 6.45) is 4.40. The molecule has 0 atom stereocenters. The summed E-state index contributed by atoms with van der Waals surface area (Å²) in [7, 11) is 0. The number of anilines is 1. The number of hydrogen-bond donors (Lipinski definition) is 1. The zero-order valence-electron chi connectivity index (χ0n) is 13.2. The van der Waals surface area contributed by atoms with Crippen molar-refractivity contribution in [3.05, 3.63) is 22.8 Å². The third-order valence-corrected chi connectivity index (χ3v) is 4.01. The van der Waals surface area contributed by atoms with Crippen LogP contribution in [0.1, 0.15) is 39.2 Å². The lowest BCUT2D eigenvalue weighted by Gasteiger charge is -2.33. The van der Waals surface area contributed by atoms with E-state index in [0.29, 0.717) is 12.1 Å². The van der Waals surface area contributed by atoms with Crippen molar-refractivity contribution in [3.8, 4) is 0 Å². The number of nitrogens with zero attached hydrogens (tertiary/aromatic N) is 2. The fourth-order valence-corrected chi connectivity index (χ4v) is 2.90. The minimum absolute atomic E-state index is 0.388. The van der Waals surface area contributed by atoms with Crippen molar-refractivity contribution in [2.24, 2.45) is 0 Å². The zero-order valence-corrected chi connectivity index (χ0v) is 14.0. The highest BCUT2D eigenvalue weighted by Crippen LogP contribution is 2.27. The van der Waals surface area contributed by atoms with E-state index >= 15 is 0 Å². The summed E-state index contributed by atoms with van der Waals surface area (Å²) >= 11 is 6.41. The van der Waals surface area contributed by atoms with Gasteiger partial charge < -0.3 is 15.0 Å². The summed E-state index contributed by atoms with van der Waals surface area (Å²) in [5, 5.41) is 4.12. The van der Waals surface area contributed by atoms with Crippen LogP contribution in [0.2, 0.25) is 5.02 Å². The molecule has 0 unspecified atom stereocenters. The lowest BCUT2D eigenvalue weighted by molar-refractivity contribution is 0.0458. The van der Waals surface area contributed by atoms with Gasteiger partial charge in [0.25, 0.3) is 0 Å². The van der Waals surface area contributed by atoms with E-state index in [1.54, 1.807) is 0 Å². The van der Waals surface area contributed by atoms with Crippen LogP contribution in [0.3, 0.4) is 0 Å². The lowest BCUT2D eigenvalue weighted by Crippen LogP contribution is -2.37. The second-order valence-corrected chi connectivity index (χ2v) is 6.23. The van der Waals surface area contributed by atoms with Crippen LogP contribution >= 0.6 is 11.6 Å². The van der Waals surface area contributed by atoms with Gasteiger partial charge in [0.15, 0.2) is 0 Å². The van der Waals surface area contributed by atoms with Crippen LogP contribution in [-0.2, 0) is 11.3 Å². The minimum Gasteiger partial charge on any atom is -0.378 e. The minimum atomic E-state index is 0.388. The molecule has 0 radical (unpaired) electrons. The number of hydrogen-bond acceptors (Lipinski definition) is 4. The van der Waals surface area contributed by atoms with Gasteiger partial charge in [-0.1, -0.05) is 25.4 Å². The monoisotopic (exact) mass is 311 g/mol. The highest BCUT2D eigenvalue weighted by Gasteiger charge is 2.21. The normalized spacial score (nSPS) is 16.7. The summed E-state index contributed by atoms with van der Waals surface area (Å²) in [6.45, 7) is 9.83. The molecule has 0 aliphatic carbocycles. The molecule has 1 aliphatic rings. The highest BCUT2D eigenvalue weighted by atomic mass is 35.5. The SMILES string of the molecule is CCOC1CCN(c2ncc(CNC(C)C)cc2Cl)CC1. The van der Waals surface area contributed by atoms with E-state index in [2.05, 4.69) is 36.0 Å².